The van der Waals surface area contributed by atoms with Gasteiger partial charge in [0.25, 0.3) is 18.7 Å². The summed E-state index contributed by atoms with van der Waals surface area (Å²) in [5.41, 5.74) is -1.06. The van der Waals surface area contributed by atoms with Crippen LogP contribution in [-0.4, -0.2) is 45.6 Å². The van der Waals surface area contributed by atoms with Gasteiger partial charge in [-0.1, -0.05) is 0 Å². The SMILES string of the molecule is O=COc1cc(OC=O)c2c(n1)C(=O)C(=O)c1cc(C(=O)O)[nH]c1-2. The molecule has 0 aliphatic heterocycles. The number of ether oxygens (including phenoxy) is 2. The number of aromatic nitrogens is 2. The lowest BCUT2D eigenvalue weighted by atomic mass is 9.91. The van der Waals surface area contributed by atoms with E-state index in [0.29, 0.717) is 0 Å². The summed E-state index contributed by atoms with van der Waals surface area (Å²) in [4.78, 5) is 62.8. The summed E-state index contributed by atoms with van der Waals surface area (Å²) in [5, 5.41) is 9.03. The Labute approximate surface area is 132 Å². The number of nitrogens with one attached hydrogen (secondary N) is 1. The number of aromatic amines is 1. The molecule has 10 nitrogen and oxygen atoms in total. The Kier molecular flexibility index (Phi) is 3.41. The molecule has 0 unspecified atom stereocenters. The molecule has 1 aliphatic rings. The fourth-order valence-electron chi connectivity index (χ4n) is 2.34. The summed E-state index contributed by atoms with van der Waals surface area (Å²) in [6.07, 6.45) is 0. The van der Waals surface area contributed by atoms with Gasteiger partial charge in [0.05, 0.1) is 16.8 Å². The first kappa shape index (κ1) is 15.1. The zero-order valence-electron chi connectivity index (χ0n) is 11.6. The number of aromatic carboxylic acids is 1. The molecule has 1 aliphatic carbocycles. The van der Waals surface area contributed by atoms with Gasteiger partial charge in [0.1, 0.15) is 17.1 Å². The molecule has 0 atom stereocenters. The van der Waals surface area contributed by atoms with E-state index in [-0.39, 0.29) is 47.1 Å². The van der Waals surface area contributed by atoms with Crippen LogP contribution in [0.2, 0.25) is 0 Å². The average molecular weight is 330 g/mol. The van der Waals surface area contributed by atoms with Crippen LogP contribution in [0.25, 0.3) is 11.3 Å². The summed E-state index contributed by atoms with van der Waals surface area (Å²) in [7, 11) is 0. The van der Waals surface area contributed by atoms with E-state index in [1.165, 1.54) is 0 Å². The summed E-state index contributed by atoms with van der Waals surface area (Å²) in [6, 6.07) is 2.05. The number of H-pyrrole nitrogens is 1. The number of carbonyl (C=O) groups is 5. The lowest BCUT2D eigenvalue weighted by Gasteiger charge is -2.16. The van der Waals surface area contributed by atoms with Crippen LogP contribution in [0.15, 0.2) is 12.1 Å². The topological polar surface area (TPSA) is 153 Å². The first-order valence-electron chi connectivity index (χ1n) is 6.29. The van der Waals surface area contributed by atoms with Gasteiger partial charge in [-0.05, 0) is 6.07 Å². The predicted molar refractivity (Wildman–Crippen MR) is 73.0 cm³/mol. The molecular formula is C14H6N2O8. The third kappa shape index (κ3) is 2.13. The van der Waals surface area contributed by atoms with Crippen molar-refractivity contribution in [3.63, 3.8) is 0 Å². The third-order valence-corrected chi connectivity index (χ3v) is 3.27. The number of nitrogens with zero attached hydrogens (tertiary/aromatic N) is 1. The van der Waals surface area contributed by atoms with Crippen LogP contribution in [0.4, 0.5) is 0 Å². The van der Waals surface area contributed by atoms with Crippen molar-refractivity contribution in [1.82, 2.24) is 9.97 Å². The second-order valence-electron chi connectivity index (χ2n) is 4.55. The molecule has 2 aromatic heterocycles. The smallest absolute Gasteiger partial charge is 0.352 e. The van der Waals surface area contributed by atoms with Gasteiger partial charge in [-0.2, -0.15) is 0 Å². The highest BCUT2D eigenvalue weighted by molar-refractivity contribution is 6.52. The van der Waals surface area contributed by atoms with Crippen molar-refractivity contribution in [2.45, 2.75) is 0 Å². The minimum absolute atomic E-state index is 0.0333. The quantitative estimate of drug-likeness (QED) is 0.579. The van der Waals surface area contributed by atoms with E-state index in [0.717, 1.165) is 12.1 Å². The van der Waals surface area contributed by atoms with Crippen molar-refractivity contribution in [1.29, 1.82) is 0 Å². The van der Waals surface area contributed by atoms with Crippen molar-refractivity contribution in [3.05, 3.63) is 29.1 Å². The number of pyridine rings is 1. The van der Waals surface area contributed by atoms with Gasteiger partial charge in [-0.25, -0.2) is 9.78 Å². The third-order valence-electron chi connectivity index (χ3n) is 3.27. The van der Waals surface area contributed by atoms with Gasteiger partial charge >= 0.3 is 5.97 Å². The zero-order valence-corrected chi connectivity index (χ0v) is 11.6. The first-order valence-corrected chi connectivity index (χ1v) is 6.29. The Morgan fingerprint density at radius 2 is 1.83 bits per heavy atom. The molecule has 2 N–H and O–H groups in total. The van der Waals surface area contributed by atoms with E-state index < -0.39 is 23.2 Å². The highest BCUT2D eigenvalue weighted by atomic mass is 16.5. The van der Waals surface area contributed by atoms with Gasteiger partial charge in [0.2, 0.25) is 11.7 Å². The molecule has 0 saturated carbocycles. The summed E-state index contributed by atoms with van der Waals surface area (Å²) in [5.74, 6) is -3.99. The molecule has 3 rings (SSSR count). The van der Waals surface area contributed by atoms with Crippen LogP contribution in [0.1, 0.15) is 31.3 Å². The molecule has 120 valence electrons. The monoisotopic (exact) mass is 330 g/mol. The first-order chi connectivity index (χ1) is 11.5. The van der Waals surface area contributed by atoms with E-state index in [4.69, 9.17) is 9.84 Å². The Hall–Kier alpha value is -3.82. The van der Waals surface area contributed by atoms with Crippen LogP contribution in [0.5, 0.6) is 11.6 Å². The van der Waals surface area contributed by atoms with Crippen molar-refractivity contribution in [3.8, 4) is 22.9 Å². The van der Waals surface area contributed by atoms with Gasteiger partial charge in [0, 0.05) is 6.07 Å². The number of fused-ring (bicyclic) bond motifs is 3. The number of rotatable bonds is 5. The Bertz CT molecular complexity index is 927. The predicted octanol–water partition coefficient (Wildman–Crippen LogP) is 0.224. The Balaban J connectivity index is 2.34. The maximum absolute atomic E-state index is 12.2. The molecule has 0 aromatic carbocycles. The second kappa shape index (κ2) is 5.43. The van der Waals surface area contributed by atoms with Crippen LogP contribution in [0.3, 0.4) is 0 Å². The average Bonchev–Trinajstić information content (AvgIpc) is 2.98. The second-order valence-corrected chi connectivity index (χ2v) is 4.55. The number of carboxylic acid groups (broad SMARTS) is 1. The number of carboxylic acids is 1. The lowest BCUT2D eigenvalue weighted by molar-refractivity contribution is -0.121. The van der Waals surface area contributed by atoms with Crippen LogP contribution in [-0.2, 0) is 9.59 Å². The molecule has 0 amide bonds. The van der Waals surface area contributed by atoms with Gasteiger partial charge < -0.3 is 19.6 Å². The molecule has 0 fully saturated rings. The van der Waals surface area contributed by atoms with E-state index in [2.05, 4.69) is 14.7 Å². The number of hydrogen-bond acceptors (Lipinski definition) is 8. The van der Waals surface area contributed by atoms with Crippen molar-refractivity contribution < 1.29 is 38.6 Å². The van der Waals surface area contributed by atoms with Gasteiger partial charge in [0.15, 0.2) is 0 Å². The Morgan fingerprint density at radius 1 is 1.12 bits per heavy atom. The fourth-order valence-corrected chi connectivity index (χ4v) is 2.34. The van der Waals surface area contributed by atoms with Gasteiger partial charge in [-0.3, -0.25) is 19.2 Å². The minimum atomic E-state index is -1.35. The molecule has 0 spiro atoms. The van der Waals surface area contributed by atoms with Crippen LogP contribution in [0, 0.1) is 0 Å². The molecule has 10 heteroatoms. The van der Waals surface area contributed by atoms with Crippen molar-refractivity contribution >= 4 is 30.5 Å². The summed E-state index contributed by atoms with van der Waals surface area (Å²) < 4.78 is 9.27. The highest BCUT2D eigenvalue weighted by Gasteiger charge is 2.37. The Morgan fingerprint density at radius 3 is 2.46 bits per heavy atom. The number of Topliss-reactive ketones (excluding diaryl/α,β-unsaturated/α-hetero) is 2. The maximum Gasteiger partial charge on any atom is 0.352 e. The number of ketones is 2. The van der Waals surface area contributed by atoms with Crippen LogP contribution < -0.4 is 9.47 Å². The normalized spacial score (nSPS) is 12.2. The zero-order chi connectivity index (χ0) is 17.4. The van der Waals surface area contributed by atoms with Crippen molar-refractivity contribution in [2.75, 3.05) is 0 Å². The summed E-state index contributed by atoms with van der Waals surface area (Å²) >= 11 is 0. The molecule has 0 radical (unpaired) electrons. The van der Waals surface area contributed by atoms with Gasteiger partial charge in [-0.15, -0.1) is 0 Å². The van der Waals surface area contributed by atoms with Crippen LogP contribution >= 0.6 is 0 Å². The molecule has 0 saturated heterocycles. The van der Waals surface area contributed by atoms with E-state index >= 15 is 0 Å². The molecule has 2 heterocycles. The number of hydrogen-bond donors (Lipinski definition) is 2. The highest BCUT2D eigenvalue weighted by Crippen LogP contribution is 2.40. The summed E-state index contributed by atoms with van der Waals surface area (Å²) in [6.45, 7) is 0.0963. The molecule has 24 heavy (non-hydrogen) atoms. The molecule has 0 bridgehead atoms. The molecule has 2 aromatic rings. The number of carbonyl (C=O) groups excluding carboxylic acids is 4. The fraction of sp³-hybridized carbons (Fsp3) is 0. The van der Waals surface area contributed by atoms with E-state index in [1.807, 2.05) is 0 Å². The largest absolute Gasteiger partial charge is 0.477 e. The minimum Gasteiger partial charge on any atom is -0.477 e. The van der Waals surface area contributed by atoms with Crippen molar-refractivity contribution in [2.24, 2.45) is 0 Å². The van der Waals surface area contributed by atoms with E-state index in [9.17, 15) is 24.0 Å². The van der Waals surface area contributed by atoms with E-state index in [1.54, 1.807) is 0 Å². The standard InChI is InChI=1S/C14H6N2O8/c17-3-23-7-2-8(24-4-18)16-11-9(7)10-5(12(19)13(11)20)1-6(15-10)14(21)22/h1-4,15H,(H,21,22). The molecular weight excluding hydrogens is 324 g/mol. The maximum atomic E-state index is 12.2. The lowest BCUT2D eigenvalue weighted by Crippen LogP contribution is -2.22.